The molecule has 0 aliphatic carbocycles. The summed E-state index contributed by atoms with van der Waals surface area (Å²) >= 11 is 3.06. The third-order valence-corrected chi connectivity index (χ3v) is 3.52. The summed E-state index contributed by atoms with van der Waals surface area (Å²) < 4.78 is 13.7. The maximum atomic E-state index is 13.3. The number of benzene rings is 2. The van der Waals surface area contributed by atoms with E-state index in [0.717, 1.165) is 5.56 Å². The van der Waals surface area contributed by atoms with E-state index in [9.17, 15) is 9.18 Å². The first-order chi connectivity index (χ1) is 9.56. The number of carbonyl (C=O) groups excluding carboxylic acids is 1. The summed E-state index contributed by atoms with van der Waals surface area (Å²) in [6.45, 7) is 0. The van der Waals surface area contributed by atoms with Crippen molar-refractivity contribution >= 4 is 33.2 Å². The van der Waals surface area contributed by atoms with E-state index in [1.165, 1.54) is 6.07 Å². The molecular weight excluding hydrogens is 323 g/mol. The Morgan fingerprint density at radius 2 is 2.00 bits per heavy atom. The number of anilines is 2. The number of nitrogen functional groups attached to an aromatic ring is 1. The molecule has 0 aliphatic rings. The van der Waals surface area contributed by atoms with Gasteiger partial charge in [0.05, 0.1) is 4.47 Å². The Kier molecular flexibility index (Phi) is 4.74. The molecule has 0 heterocycles. The summed E-state index contributed by atoms with van der Waals surface area (Å²) in [6, 6.07) is 11.9. The zero-order valence-electron chi connectivity index (χ0n) is 10.7. The van der Waals surface area contributed by atoms with E-state index >= 15 is 0 Å². The number of halogens is 2. The highest BCUT2D eigenvalue weighted by atomic mass is 79.9. The second-order valence-electron chi connectivity index (χ2n) is 4.38. The first-order valence-corrected chi connectivity index (χ1v) is 6.94. The van der Waals surface area contributed by atoms with Crippen LogP contribution >= 0.6 is 15.9 Å². The number of carbonyl (C=O) groups is 1. The summed E-state index contributed by atoms with van der Waals surface area (Å²) in [5.74, 6) is -0.579. The maximum absolute atomic E-state index is 13.3. The van der Waals surface area contributed by atoms with Gasteiger partial charge in [-0.2, -0.15) is 0 Å². The van der Waals surface area contributed by atoms with Crippen LogP contribution in [0, 0.1) is 5.82 Å². The normalized spacial score (nSPS) is 10.3. The quantitative estimate of drug-likeness (QED) is 0.835. The van der Waals surface area contributed by atoms with Gasteiger partial charge in [-0.25, -0.2) is 4.39 Å². The van der Waals surface area contributed by atoms with Crippen LogP contribution in [0.25, 0.3) is 0 Å². The van der Waals surface area contributed by atoms with Gasteiger partial charge in [0.1, 0.15) is 5.82 Å². The minimum absolute atomic E-state index is 0.171. The predicted molar refractivity (Wildman–Crippen MR) is 81.9 cm³/mol. The fourth-order valence-electron chi connectivity index (χ4n) is 1.81. The van der Waals surface area contributed by atoms with Gasteiger partial charge in [0.2, 0.25) is 5.91 Å². The molecule has 0 saturated carbocycles. The van der Waals surface area contributed by atoms with Crippen molar-refractivity contribution in [1.82, 2.24) is 0 Å². The van der Waals surface area contributed by atoms with Gasteiger partial charge in [-0.15, -0.1) is 0 Å². The average molecular weight is 337 g/mol. The molecular formula is C15H14BrFN2O. The summed E-state index contributed by atoms with van der Waals surface area (Å²) in [6.07, 6.45) is 0.851. The van der Waals surface area contributed by atoms with Gasteiger partial charge in [0.15, 0.2) is 0 Å². The SMILES string of the molecule is Nc1ccccc1CCC(=O)Nc1ccc(Br)c(F)c1. The standard InChI is InChI=1S/C15H14BrFN2O/c16-12-7-6-11(9-13(12)17)19-15(20)8-5-10-3-1-2-4-14(10)18/h1-4,6-7,9H,5,8,18H2,(H,19,20). The van der Waals surface area contributed by atoms with Crippen LogP contribution in [-0.2, 0) is 11.2 Å². The third-order valence-electron chi connectivity index (χ3n) is 2.88. The molecule has 0 radical (unpaired) electrons. The highest BCUT2D eigenvalue weighted by molar-refractivity contribution is 9.10. The zero-order chi connectivity index (χ0) is 14.5. The minimum Gasteiger partial charge on any atom is -0.399 e. The van der Waals surface area contributed by atoms with Crippen molar-refractivity contribution < 1.29 is 9.18 Å². The maximum Gasteiger partial charge on any atom is 0.224 e. The van der Waals surface area contributed by atoms with Crippen LogP contribution in [0.1, 0.15) is 12.0 Å². The molecule has 0 bridgehead atoms. The lowest BCUT2D eigenvalue weighted by Crippen LogP contribution is -2.12. The number of hydrogen-bond donors (Lipinski definition) is 2. The van der Waals surface area contributed by atoms with Gasteiger partial charge in [0, 0.05) is 17.8 Å². The van der Waals surface area contributed by atoms with Crippen LogP contribution in [0.4, 0.5) is 15.8 Å². The van der Waals surface area contributed by atoms with Crippen LogP contribution in [0.2, 0.25) is 0 Å². The first-order valence-electron chi connectivity index (χ1n) is 6.14. The monoisotopic (exact) mass is 336 g/mol. The van der Waals surface area contributed by atoms with Gasteiger partial charge < -0.3 is 11.1 Å². The van der Waals surface area contributed by atoms with Gasteiger partial charge >= 0.3 is 0 Å². The van der Waals surface area contributed by atoms with Crippen molar-refractivity contribution in [2.75, 3.05) is 11.1 Å². The van der Waals surface area contributed by atoms with Crippen LogP contribution in [0.15, 0.2) is 46.9 Å². The molecule has 2 rings (SSSR count). The molecule has 0 saturated heterocycles. The smallest absolute Gasteiger partial charge is 0.224 e. The summed E-state index contributed by atoms with van der Waals surface area (Å²) in [7, 11) is 0. The van der Waals surface area contributed by atoms with E-state index in [2.05, 4.69) is 21.2 Å². The largest absolute Gasteiger partial charge is 0.399 e. The van der Waals surface area contributed by atoms with E-state index in [0.29, 0.717) is 28.7 Å². The summed E-state index contributed by atoms with van der Waals surface area (Å²) in [4.78, 5) is 11.8. The average Bonchev–Trinajstić information content (AvgIpc) is 2.42. The Bertz CT molecular complexity index is 631. The third kappa shape index (κ3) is 3.81. The second-order valence-corrected chi connectivity index (χ2v) is 5.23. The molecule has 0 fully saturated rings. The molecule has 3 N–H and O–H groups in total. The van der Waals surface area contributed by atoms with Crippen molar-refractivity contribution in [3.8, 4) is 0 Å². The minimum atomic E-state index is -0.407. The molecule has 0 aromatic heterocycles. The predicted octanol–water partition coefficient (Wildman–Crippen LogP) is 3.74. The Morgan fingerprint density at radius 1 is 1.25 bits per heavy atom. The van der Waals surface area contributed by atoms with E-state index in [4.69, 9.17) is 5.73 Å². The van der Waals surface area contributed by atoms with Gasteiger partial charge in [-0.1, -0.05) is 18.2 Å². The lowest BCUT2D eigenvalue weighted by Gasteiger charge is -2.07. The molecule has 1 amide bonds. The number of nitrogens with two attached hydrogens (primary N) is 1. The fraction of sp³-hybridized carbons (Fsp3) is 0.133. The Labute approximate surface area is 125 Å². The van der Waals surface area contributed by atoms with Crippen molar-refractivity contribution in [3.05, 3.63) is 58.3 Å². The number of amides is 1. The Hall–Kier alpha value is -1.88. The second kappa shape index (κ2) is 6.52. The van der Waals surface area contributed by atoms with Crippen LogP contribution in [0.3, 0.4) is 0 Å². The number of hydrogen-bond acceptors (Lipinski definition) is 2. The number of nitrogens with one attached hydrogen (secondary N) is 1. The molecule has 5 heteroatoms. The number of rotatable bonds is 4. The van der Waals surface area contributed by atoms with Crippen LogP contribution < -0.4 is 11.1 Å². The van der Waals surface area contributed by atoms with Gasteiger partial charge in [-0.3, -0.25) is 4.79 Å². The molecule has 2 aromatic rings. The van der Waals surface area contributed by atoms with Gasteiger partial charge in [0.25, 0.3) is 0 Å². The molecule has 104 valence electrons. The lowest BCUT2D eigenvalue weighted by molar-refractivity contribution is -0.116. The Balaban J connectivity index is 1.93. The van der Waals surface area contributed by atoms with Crippen molar-refractivity contribution in [1.29, 1.82) is 0 Å². The lowest BCUT2D eigenvalue weighted by atomic mass is 10.1. The molecule has 0 unspecified atom stereocenters. The molecule has 3 nitrogen and oxygen atoms in total. The van der Waals surface area contributed by atoms with E-state index < -0.39 is 5.82 Å². The Morgan fingerprint density at radius 3 is 2.70 bits per heavy atom. The van der Waals surface area contributed by atoms with E-state index in [-0.39, 0.29) is 5.91 Å². The van der Waals surface area contributed by atoms with E-state index in [1.807, 2.05) is 18.2 Å². The van der Waals surface area contributed by atoms with Crippen molar-refractivity contribution in [3.63, 3.8) is 0 Å². The summed E-state index contributed by atoms with van der Waals surface area (Å²) in [5, 5.41) is 2.66. The number of aryl methyl sites for hydroxylation is 1. The zero-order valence-corrected chi connectivity index (χ0v) is 12.3. The molecule has 20 heavy (non-hydrogen) atoms. The van der Waals surface area contributed by atoms with Crippen molar-refractivity contribution in [2.45, 2.75) is 12.8 Å². The fourth-order valence-corrected chi connectivity index (χ4v) is 2.05. The molecule has 2 aromatic carbocycles. The number of para-hydroxylation sites is 1. The molecule has 0 spiro atoms. The van der Waals surface area contributed by atoms with E-state index in [1.54, 1.807) is 18.2 Å². The highest BCUT2D eigenvalue weighted by Gasteiger charge is 2.06. The molecule has 0 atom stereocenters. The van der Waals surface area contributed by atoms with Gasteiger partial charge in [-0.05, 0) is 52.2 Å². The first kappa shape index (κ1) is 14.5. The van der Waals surface area contributed by atoms with Crippen molar-refractivity contribution in [2.24, 2.45) is 0 Å². The van der Waals surface area contributed by atoms with Crippen LogP contribution in [-0.4, -0.2) is 5.91 Å². The molecule has 0 aliphatic heterocycles. The van der Waals surface area contributed by atoms with Crippen LogP contribution in [0.5, 0.6) is 0 Å². The highest BCUT2D eigenvalue weighted by Crippen LogP contribution is 2.19. The topological polar surface area (TPSA) is 55.1 Å². The summed E-state index contributed by atoms with van der Waals surface area (Å²) in [5.41, 5.74) is 7.86.